The van der Waals surface area contributed by atoms with Crippen LogP contribution < -0.4 is 4.18 Å². The molecule has 0 aliphatic rings. The van der Waals surface area contributed by atoms with E-state index in [4.69, 9.17) is 4.18 Å². The molecule has 1 aromatic rings. The van der Waals surface area contributed by atoms with Crippen LogP contribution in [0.1, 0.15) is 33.3 Å². The quantitative estimate of drug-likeness (QED) is 0.722. The average molecular weight is 327 g/mol. The van der Waals surface area contributed by atoms with E-state index in [1.54, 1.807) is 24.3 Å². The third kappa shape index (κ3) is 6.47. The van der Waals surface area contributed by atoms with Gasteiger partial charge in [0, 0.05) is 19.0 Å². The lowest BCUT2D eigenvalue weighted by molar-refractivity contribution is -0.135. The summed E-state index contributed by atoms with van der Waals surface area (Å²) in [6, 6.07) is 6.76. The predicted molar refractivity (Wildman–Crippen MR) is 87.0 cm³/mol. The van der Waals surface area contributed by atoms with Crippen molar-refractivity contribution in [1.29, 1.82) is 0 Å². The van der Waals surface area contributed by atoms with E-state index >= 15 is 0 Å². The van der Waals surface area contributed by atoms with Crippen LogP contribution in [0.5, 0.6) is 5.75 Å². The molecule has 0 aliphatic heterocycles. The van der Waals surface area contributed by atoms with Gasteiger partial charge in [-0.1, -0.05) is 39.8 Å². The summed E-state index contributed by atoms with van der Waals surface area (Å²) in [7, 11) is -3.52. The summed E-state index contributed by atoms with van der Waals surface area (Å²) < 4.78 is 27.0. The SMILES string of the molecule is CC(C)CN(Cc1ccc(OS(C)(=O)=O)cc1)C(=O)C(C)C. The highest BCUT2D eigenvalue weighted by molar-refractivity contribution is 7.86. The van der Waals surface area contributed by atoms with E-state index in [0.29, 0.717) is 19.0 Å². The van der Waals surface area contributed by atoms with Crippen LogP contribution in [0.4, 0.5) is 0 Å². The topological polar surface area (TPSA) is 63.7 Å². The Morgan fingerprint density at radius 2 is 1.68 bits per heavy atom. The number of nitrogens with zero attached hydrogens (tertiary/aromatic N) is 1. The van der Waals surface area contributed by atoms with Crippen LogP contribution in [0, 0.1) is 11.8 Å². The zero-order valence-corrected chi connectivity index (χ0v) is 14.7. The van der Waals surface area contributed by atoms with Gasteiger partial charge in [-0.3, -0.25) is 4.79 Å². The molecule has 6 heteroatoms. The third-order valence-electron chi connectivity index (χ3n) is 2.94. The van der Waals surface area contributed by atoms with Gasteiger partial charge in [0.25, 0.3) is 0 Å². The number of hydrogen-bond acceptors (Lipinski definition) is 4. The van der Waals surface area contributed by atoms with Gasteiger partial charge in [0.05, 0.1) is 6.26 Å². The Kier molecular flexibility index (Phi) is 6.41. The highest BCUT2D eigenvalue weighted by atomic mass is 32.2. The first-order valence-electron chi connectivity index (χ1n) is 7.35. The first kappa shape index (κ1) is 18.5. The van der Waals surface area contributed by atoms with E-state index in [0.717, 1.165) is 11.8 Å². The number of rotatable bonds is 7. The molecule has 22 heavy (non-hydrogen) atoms. The van der Waals surface area contributed by atoms with E-state index in [2.05, 4.69) is 13.8 Å². The fourth-order valence-corrected chi connectivity index (χ4v) is 2.54. The first-order chi connectivity index (χ1) is 10.1. The van der Waals surface area contributed by atoms with E-state index < -0.39 is 10.1 Å². The monoisotopic (exact) mass is 327 g/mol. The first-order valence-corrected chi connectivity index (χ1v) is 9.17. The van der Waals surface area contributed by atoms with Crippen molar-refractivity contribution in [3.05, 3.63) is 29.8 Å². The van der Waals surface area contributed by atoms with E-state index in [9.17, 15) is 13.2 Å². The lowest BCUT2D eigenvalue weighted by atomic mass is 10.1. The summed E-state index contributed by atoms with van der Waals surface area (Å²) in [6.45, 7) is 9.12. The fraction of sp³-hybridized carbons (Fsp3) is 0.562. The van der Waals surface area contributed by atoms with Gasteiger partial charge in [0.1, 0.15) is 5.75 Å². The van der Waals surface area contributed by atoms with Crippen molar-refractivity contribution in [1.82, 2.24) is 4.90 Å². The van der Waals surface area contributed by atoms with Gasteiger partial charge >= 0.3 is 10.1 Å². The minimum atomic E-state index is -3.52. The molecule has 1 amide bonds. The van der Waals surface area contributed by atoms with Crippen LogP contribution in [0.3, 0.4) is 0 Å². The zero-order valence-electron chi connectivity index (χ0n) is 13.9. The number of benzene rings is 1. The number of hydrogen-bond donors (Lipinski definition) is 0. The van der Waals surface area contributed by atoms with Crippen molar-refractivity contribution in [3.63, 3.8) is 0 Å². The van der Waals surface area contributed by atoms with Gasteiger partial charge in [0.15, 0.2) is 0 Å². The zero-order chi connectivity index (χ0) is 16.9. The maximum atomic E-state index is 12.3. The van der Waals surface area contributed by atoms with Crippen LogP contribution in [-0.4, -0.2) is 32.0 Å². The Morgan fingerprint density at radius 1 is 1.14 bits per heavy atom. The minimum absolute atomic E-state index is 0.0495. The van der Waals surface area contributed by atoms with Crippen LogP contribution >= 0.6 is 0 Å². The predicted octanol–water partition coefficient (Wildman–Crippen LogP) is 2.67. The van der Waals surface area contributed by atoms with Gasteiger partial charge in [-0.05, 0) is 23.6 Å². The van der Waals surface area contributed by atoms with Crippen LogP contribution in [-0.2, 0) is 21.5 Å². The Labute approximate surface area is 133 Å². The molecule has 0 saturated heterocycles. The molecule has 1 rings (SSSR count). The molecule has 0 unspecified atom stereocenters. The van der Waals surface area contributed by atoms with Crippen LogP contribution in [0.25, 0.3) is 0 Å². The second-order valence-corrected chi connectivity index (χ2v) is 7.77. The average Bonchev–Trinajstić information content (AvgIpc) is 2.37. The molecule has 0 fully saturated rings. The summed E-state index contributed by atoms with van der Waals surface area (Å²) in [5.41, 5.74) is 0.940. The maximum absolute atomic E-state index is 12.3. The Bertz CT molecular complexity index is 591. The summed E-state index contributed by atoms with van der Waals surface area (Å²) in [5.74, 6) is 0.726. The molecule has 0 radical (unpaired) electrons. The molecule has 0 bridgehead atoms. The van der Waals surface area contributed by atoms with Crippen molar-refractivity contribution in [2.24, 2.45) is 11.8 Å². The van der Waals surface area contributed by atoms with Gasteiger partial charge in [-0.25, -0.2) is 0 Å². The lowest BCUT2D eigenvalue weighted by Crippen LogP contribution is -2.36. The second kappa shape index (κ2) is 7.63. The number of amides is 1. The van der Waals surface area contributed by atoms with Gasteiger partial charge in [0.2, 0.25) is 5.91 Å². The Balaban J connectivity index is 2.83. The molecule has 1 aromatic carbocycles. The van der Waals surface area contributed by atoms with Crippen LogP contribution in [0.15, 0.2) is 24.3 Å². The van der Waals surface area contributed by atoms with Crippen molar-refractivity contribution >= 4 is 16.0 Å². The number of carbonyl (C=O) groups excluding carboxylic acids is 1. The largest absolute Gasteiger partial charge is 0.383 e. The molecule has 0 N–H and O–H groups in total. The normalized spacial score (nSPS) is 11.8. The molecule has 0 aliphatic carbocycles. The summed E-state index contributed by atoms with van der Waals surface area (Å²) in [4.78, 5) is 14.1. The van der Waals surface area contributed by atoms with E-state index in [-0.39, 0.29) is 17.6 Å². The molecule has 0 heterocycles. The number of carbonyl (C=O) groups is 1. The van der Waals surface area contributed by atoms with E-state index in [1.807, 2.05) is 18.7 Å². The van der Waals surface area contributed by atoms with Crippen LogP contribution in [0.2, 0.25) is 0 Å². The molecule has 0 aromatic heterocycles. The highest BCUT2D eigenvalue weighted by Crippen LogP contribution is 2.17. The van der Waals surface area contributed by atoms with Crippen molar-refractivity contribution in [3.8, 4) is 5.75 Å². The van der Waals surface area contributed by atoms with Crippen molar-refractivity contribution in [2.75, 3.05) is 12.8 Å². The Morgan fingerprint density at radius 3 is 2.09 bits per heavy atom. The summed E-state index contributed by atoms with van der Waals surface area (Å²) in [5, 5.41) is 0. The molecule has 0 spiro atoms. The van der Waals surface area contributed by atoms with Crippen molar-refractivity contribution in [2.45, 2.75) is 34.2 Å². The third-order valence-corrected chi connectivity index (χ3v) is 3.43. The summed E-state index contributed by atoms with van der Waals surface area (Å²) >= 11 is 0. The van der Waals surface area contributed by atoms with Gasteiger partial charge in [-0.15, -0.1) is 0 Å². The molecule has 0 atom stereocenters. The standard InChI is InChI=1S/C16H25NO4S/c1-12(2)10-17(16(18)13(3)4)11-14-6-8-15(9-7-14)21-22(5,19)20/h6-9,12-13H,10-11H2,1-5H3. The fourth-order valence-electron chi connectivity index (χ4n) is 2.08. The molecular weight excluding hydrogens is 302 g/mol. The minimum Gasteiger partial charge on any atom is -0.383 e. The van der Waals surface area contributed by atoms with Gasteiger partial charge in [-0.2, -0.15) is 8.42 Å². The van der Waals surface area contributed by atoms with E-state index in [1.165, 1.54) is 0 Å². The molecule has 124 valence electrons. The smallest absolute Gasteiger partial charge is 0.306 e. The molecule has 0 saturated carbocycles. The second-order valence-electron chi connectivity index (χ2n) is 6.20. The maximum Gasteiger partial charge on any atom is 0.306 e. The summed E-state index contributed by atoms with van der Waals surface area (Å²) in [6.07, 6.45) is 1.01. The van der Waals surface area contributed by atoms with Gasteiger partial charge < -0.3 is 9.08 Å². The molecular formula is C16H25NO4S. The van der Waals surface area contributed by atoms with Crippen molar-refractivity contribution < 1.29 is 17.4 Å². The highest BCUT2D eigenvalue weighted by Gasteiger charge is 2.18. The lowest BCUT2D eigenvalue weighted by Gasteiger charge is -2.26. The molecule has 5 nitrogen and oxygen atoms in total. The Hall–Kier alpha value is -1.56.